The SMILES string of the molecule is CCCCCCc1ccc(C2(c3ccc(CCCCCC)cc3)c3c[c]ccc3-c3ccc(-c4ccc(CCCC)cc4)cc32)cc1. The minimum absolute atomic E-state index is 0.402. The summed E-state index contributed by atoms with van der Waals surface area (Å²) in [6, 6.07) is 45.9. The van der Waals surface area contributed by atoms with Crippen molar-refractivity contribution in [3.05, 3.63) is 154 Å². The molecule has 0 saturated heterocycles. The summed E-state index contributed by atoms with van der Waals surface area (Å²) in [6.07, 6.45) is 16.3. The Labute approximate surface area is 285 Å². The quantitative estimate of drug-likeness (QED) is 0.0948. The molecule has 0 unspecified atom stereocenters. The number of rotatable bonds is 16. The molecule has 5 aromatic rings. The van der Waals surface area contributed by atoms with E-state index in [2.05, 4.69) is 136 Å². The third-order valence-electron chi connectivity index (χ3n) is 10.5. The Morgan fingerprint density at radius 2 is 0.936 bits per heavy atom. The molecular weight excluding hydrogens is 565 g/mol. The molecule has 5 aromatic carbocycles. The molecule has 1 aliphatic rings. The number of unbranched alkanes of at least 4 members (excludes halogenated alkanes) is 7. The lowest BCUT2D eigenvalue weighted by Gasteiger charge is -2.34. The van der Waals surface area contributed by atoms with Crippen LogP contribution in [0.3, 0.4) is 0 Å². The maximum Gasteiger partial charge on any atom is 0.0714 e. The molecule has 0 amide bonds. The summed E-state index contributed by atoms with van der Waals surface area (Å²) in [5, 5.41) is 0. The zero-order valence-corrected chi connectivity index (χ0v) is 29.1. The highest BCUT2D eigenvalue weighted by Gasteiger charge is 2.46. The van der Waals surface area contributed by atoms with Crippen LogP contribution in [0.25, 0.3) is 22.3 Å². The van der Waals surface area contributed by atoms with Crippen molar-refractivity contribution in [2.75, 3.05) is 0 Å². The standard InChI is InChI=1S/C47H53/c1-4-7-10-12-17-37-23-30-41(31-24-37)47(42-32-25-38(26-33-42)18-13-11-8-5-2)45-20-15-14-19-43(45)44-34-29-40(35-46(44)47)39-27-21-36(22-28-39)16-9-6-3/h14,19-35H,4-13,16-18H2,1-3H3. The van der Waals surface area contributed by atoms with E-state index >= 15 is 0 Å². The summed E-state index contributed by atoms with van der Waals surface area (Å²) in [6.45, 7) is 6.84. The van der Waals surface area contributed by atoms with Crippen molar-refractivity contribution in [1.29, 1.82) is 0 Å². The Morgan fingerprint density at radius 3 is 1.49 bits per heavy atom. The van der Waals surface area contributed by atoms with Gasteiger partial charge >= 0.3 is 0 Å². The number of fused-ring (bicyclic) bond motifs is 3. The van der Waals surface area contributed by atoms with E-state index in [0.29, 0.717) is 0 Å². The normalized spacial score (nSPS) is 13.0. The fraction of sp³-hybridized carbons (Fsp3) is 0.362. The van der Waals surface area contributed by atoms with Gasteiger partial charge in [0.2, 0.25) is 0 Å². The average Bonchev–Trinajstić information content (AvgIpc) is 3.42. The number of benzene rings is 5. The van der Waals surface area contributed by atoms with Crippen LogP contribution in [0.4, 0.5) is 0 Å². The maximum atomic E-state index is 3.49. The Balaban J connectivity index is 1.46. The average molecular weight is 618 g/mol. The molecule has 0 spiro atoms. The molecule has 0 N–H and O–H groups in total. The minimum Gasteiger partial charge on any atom is -0.0654 e. The van der Waals surface area contributed by atoms with Crippen LogP contribution < -0.4 is 0 Å². The van der Waals surface area contributed by atoms with E-state index < -0.39 is 5.41 Å². The monoisotopic (exact) mass is 617 g/mol. The lowest BCUT2D eigenvalue weighted by molar-refractivity contribution is 0.666. The second-order valence-corrected chi connectivity index (χ2v) is 13.8. The molecule has 0 bridgehead atoms. The van der Waals surface area contributed by atoms with Gasteiger partial charge in [0.05, 0.1) is 5.41 Å². The summed E-state index contributed by atoms with van der Waals surface area (Å²) in [7, 11) is 0. The van der Waals surface area contributed by atoms with Gasteiger partial charge in [0.15, 0.2) is 0 Å². The highest BCUT2D eigenvalue weighted by molar-refractivity contribution is 5.88. The summed E-state index contributed by atoms with van der Waals surface area (Å²) < 4.78 is 0. The van der Waals surface area contributed by atoms with Gasteiger partial charge in [-0.05, 0) is 118 Å². The van der Waals surface area contributed by atoms with E-state index in [1.807, 2.05) is 0 Å². The molecule has 0 nitrogen and oxygen atoms in total. The lowest BCUT2D eigenvalue weighted by atomic mass is 9.67. The second-order valence-electron chi connectivity index (χ2n) is 13.8. The minimum atomic E-state index is -0.402. The van der Waals surface area contributed by atoms with E-state index in [9.17, 15) is 0 Å². The van der Waals surface area contributed by atoms with Crippen LogP contribution in [-0.4, -0.2) is 0 Å². The van der Waals surface area contributed by atoms with Crippen molar-refractivity contribution in [3.63, 3.8) is 0 Å². The fourth-order valence-corrected chi connectivity index (χ4v) is 7.78. The van der Waals surface area contributed by atoms with Crippen LogP contribution in [0.5, 0.6) is 0 Å². The van der Waals surface area contributed by atoms with Gasteiger partial charge < -0.3 is 0 Å². The van der Waals surface area contributed by atoms with Gasteiger partial charge in [0.1, 0.15) is 0 Å². The first-order valence-corrected chi connectivity index (χ1v) is 18.6. The van der Waals surface area contributed by atoms with Gasteiger partial charge in [0, 0.05) is 0 Å². The van der Waals surface area contributed by atoms with Gasteiger partial charge in [-0.3, -0.25) is 0 Å². The Hall–Kier alpha value is -3.90. The molecule has 1 radical (unpaired) electrons. The zero-order valence-electron chi connectivity index (χ0n) is 29.1. The maximum absolute atomic E-state index is 3.49. The molecule has 0 aliphatic heterocycles. The zero-order chi connectivity index (χ0) is 32.5. The molecule has 0 atom stereocenters. The van der Waals surface area contributed by atoms with Crippen molar-refractivity contribution < 1.29 is 0 Å². The molecule has 0 fully saturated rings. The van der Waals surface area contributed by atoms with Crippen molar-refractivity contribution in [2.24, 2.45) is 0 Å². The third kappa shape index (κ3) is 7.03. The van der Waals surface area contributed by atoms with Crippen LogP contribution in [0.1, 0.15) is 124 Å². The summed E-state index contributed by atoms with van der Waals surface area (Å²) >= 11 is 0. The molecule has 0 saturated carbocycles. The predicted octanol–water partition coefficient (Wildman–Crippen LogP) is 13.1. The van der Waals surface area contributed by atoms with E-state index in [4.69, 9.17) is 0 Å². The Kier molecular flexibility index (Phi) is 11.1. The summed E-state index contributed by atoms with van der Waals surface area (Å²) in [4.78, 5) is 0. The number of hydrogen-bond acceptors (Lipinski definition) is 0. The van der Waals surface area contributed by atoms with Gasteiger partial charge in [-0.2, -0.15) is 0 Å². The molecular formula is C47H53. The number of aryl methyl sites for hydroxylation is 3. The molecule has 0 heterocycles. The first kappa shape index (κ1) is 33.0. The van der Waals surface area contributed by atoms with E-state index in [1.165, 1.54) is 125 Å². The molecule has 0 aromatic heterocycles. The van der Waals surface area contributed by atoms with E-state index in [-0.39, 0.29) is 0 Å². The topological polar surface area (TPSA) is 0 Å². The van der Waals surface area contributed by atoms with Crippen LogP contribution in [0.15, 0.2) is 109 Å². The second kappa shape index (κ2) is 15.8. The molecule has 47 heavy (non-hydrogen) atoms. The highest BCUT2D eigenvalue weighted by atomic mass is 14.5. The molecule has 1 aliphatic carbocycles. The number of hydrogen-bond donors (Lipinski definition) is 0. The highest BCUT2D eigenvalue weighted by Crippen LogP contribution is 2.56. The first-order chi connectivity index (χ1) is 23.2. The van der Waals surface area contributed by atoms with Crippen molar-refractivity contribution in [2.45, 2.75) is 110 Å². The smallest absolute Gasteiger partial charge is 0.0654 e. The van der Waals surface area contributed by atoms with Gasteiger partial charge in [-0.1, -0.05) is 163 Å². The molecule has 0 heteroatoms. The largest absolute Gasteiger partial charge is 0.0714 e. The lowest BCUT2D eigenvalue weighted by Crippen LogP contribution is -2.28. The van der Waals surface area contributed by atoms with Gasteiger partial charge in [-0.25, -0.2) is 0 Å². The van der Waals surface area contributed by atoms with Crippen LogP contribution in [0.2, 0.25) is 0 Å². The van der Waals surface area contributed by atoms with Gasteiger partial charge in [0.25, 0.3) is 0 Å². The third-order valence-corrected chi connectivity index (χ3v) is 10.5. The summed E-state index contributed by atoms with van der Waals surface area (Å²) in [5.41, 5.74) is 14.6. The van der Waals surface area contributed by atoms with Crippen molar-refractivity contribution in [1.82, 2.24) is 0 Å². The Morgan fingerprint density at radius 1 is 0.447 bits per heavy atom. The van der Waals surface area contributed by atoms with E-state index in [1.54, 1.807) is 0 Å². The van der Waals surface area contributed by atoms with E-state index in [0.717, 1.165) is 19.3 Å². The van der Waals surface area contributed by atoms with Crippen molar-refractivity contribution in [3.8, 4) is 22.3 Å². The predicted molar refractivity (Wildman–Crippen MR) is 202 cm³/mol. The van der Waals surface area contributed by atoms with Crippen LogP contribution in [0, 0.1) is 6.07 Å². The van der Waals surface area contributed by atoms with Crippen molar-refractivity contribution >= 4 is 0 Å². The molecule has 6 rings (SSSR count). The van der Waals surface area contributed by atoms with Crippen LogP contribution >= 0.6 is 0 Å². The van der Waals surface area contributed by atoms with Crippen LogP contribution in [-0.2, 0) is 24.7 Å². The Bertz CT molecular complexity index is 1650. The summed E-state index contributed by atoms with van der Waals surface area (Å²) in [5.74, 6) is 0. The first-order valence-electron chi connectivity index (χ1n) is 18.6. The van der Waals surface area contributed by atoms with Gasteiger partial charge in [-0.15, -0.1) is 0 Å². The fourth-order valence-electron chi connectivity index (χ4n) is 7.78. The molecule has 241 valence electrons.